The number of sulfonamides is 1. The third kappa shape index (κ3) is 5.24. The van der Waals surface area contributed by atoms with Gasteiger partial charge in [0, 0.05) is 37.0 Å². The van der Waals surface area contributed by atoms with Crippen LogP contribution in [0.1, 0.15) is 15.9 Å². The molecule has 8 heteroatoms. The van der Waals surface area contributed by atoms with E-state index in [2.05, 4.69) is 0 Å². The fourth-order valence-corrected chi connectivity index (χ4v) is 4.36. The van der Waals surface area contributed by atoms with Gasteiger partial charge in [-0.05, 0) is 72.8 Å². The molecule has 0 bridgehead atoms. The maximum absolute atomic E-state index is 12.8. The summed E-state index contributed by atoms with van der Waals surface area (Å²) in [5.41, 5.74) is 3.64. The van der Waals surface area contributed by atoms with Crippen molar-refractivity contribution in [3.63, 3.8) is 0 Å². The number of para-hydroxylation sites is 1. The number of hydrogen-bond donors (Lipinski definition) is 0. The lowest BCUT2D eigenvalue weighted by molar-refractivity contribution is 0.104. The van der Waals surface area contributed by atoms with Crippen LogP contribution in [0.5, 0.6) is 5.75 Å². The molecule has 0 aliphatic carbocycles. The van der Waals surface area contributed by atoms with Gasteiger partial charge < -0.3 is 4.74 Å². The zero-order valence-corrected chi connectivity index (χ0v) is 20.4. The molecule has 0 radical (unpaired) electrons. The van der Waals surface area contributed by atoms with E-state index in [-0.39, 0.29) is 10.7 Å². The number of nitrogens with zero attached hydrogens (tertiary/aromatic N) is 3. The topological polar surface area (TPSA) is 81.5 Å². The summed E-state index contributed by atoms with van der Waals surface area (Å²) in [6.45, 7) is 0. The summed E-state index contributed by atoms with van der Waals surface area (Å²) in [6, 6.07) is 23.2. The molecule has 0 spiro atoms. The van der Waals surface area contributed by atoms with Gasteiger partial charge >= 0.3 is 0 Å². The van der Waals surface area contributed by atoms with Gasteiger partial charge in [0.05, 0.1) is 23.4 Å². The number of allylic oxidation sites excluding steroid dienone is 1. The predicted octanol–water partition coefficient (Wildman–Crippen LogP) is 4.69. The molecule has 178 valence electrons. The van der Waals surface area contributed by atoms with Crippen LogP contribution in [0.15, 0.2) is 96.0 Å². The molecular formula is C27H25N3O4S. The quantitative estimate of drug-likeness (QED) is 0.266. The lowest BCUT2D eigenvalue weighted by Gasteiger charge is -2.11. The largest absolute Gasteiger partial charge is 0.497 e. The molecule has 0 aliphatic rings. The lowest BCUT2D eigenvalue weighted by atomic mass is 10.1. The van der Waals surface area contributed by atoms with Crippen molar-refractivity contribution in [3.8, 4) is 22.7 Å². The molecule has 1 aromatic heterocycles. The number of aromatic nitrogens is 2. The minimum absolute atomic E-state index is 0.133. The Bertz CT molecular complexity index is 1460. The Hall–Kier alpha value is -4.01. The Morgan fingerprint density at radius 3 is 2.20 bits per heavy atom. The van der Waals surface area contributed by atoms with Crippen LogP contribution in [-0.2, 0) is 10.0 Å². The average molecular weight is 488 g/mol. The standard InChI is InChI=1S/C27H25N3O4S/c1-29(2)35(32,33)25-16-11-20(12-17-25)26(31)18-13-22-19-30(23-7-5-4-6-8-23)28-27(22)21-9-14-24(34-3)15-10-21/h4-19H,1-3H3/b18-13+. The van der Waals surface area contributed by atoms with Crippen molar-refractivity contribution >= 4 is 21.9 Å². The molecule has 0 atom stereocenters. The first kappa shape index (κ1) is 24.1. The van der Waals surface area contributed by atoms with Gasteiger partial charge in [-0.1, -0.05) is 18.2 Å². The van der Waals surface area contributed by atoms with E-state index in [1.165, 1.54) is 44.4 Å². The molecule has 0 saturated carbocycles. The summed E-state index contributed by atoms with van der Waals surface area (Å²) in [5, 5.41) is 4.75. The number of ketones is 1. The molecule has 4 rings (SSSR count). The van der Waals surface area contributed by atoms with Crippen molar-refractivity contribution < 1.29 is 17.9 Å². The average Bonchev–Trinajstić information content (AvgIpc) is 3.32. The number of rotatable bonds is 8. The molecule has 0 aliphatic heterocycles. The summed E-state index contributed by atoms with van der Waals surface area (Å²) in [5.74, 6) is 0.496. The number of ether oxygens (including phenoxy) is 1. The van der Waals surface area contributed by atoms with E-state index in [4.69, 9.17) is 9.84 Å². The van der Waals surface area contributed by atoms with E-state index >= 15 is 0 Å². The third-order valence-electron chi connectivity index (χ3n) is 5.46. The molecule has 3 aromatic carbocycles. The van der Waals surface area contributed by atoms with Crippen LogP contribution in [0.4, 0.5) is 0 Å². The summed E-state index contributed by atoms with van der Waals surface area (Å²) in [6.07, 6.45) is 5.05. The highest BCUT2D eigenvalue weighted by Gasteiger charge is 2.17. The van der Waals surface area contributed by atoms with Crippen LogP contribution in [-0.4, -0.2) is 49.5 Å². The zero-order valence-electron chi connectivity index (χ0n) is 19.6. The van der Waals surface area contributed by atoms with E-state index in [9.17, 15) is 13.2 Å². The summed E-state index contributed by atoms with van der Waals surface area (Å²) < 4.78 is 32.7. The number of hydrogen-bond acceptors (Lipinski definition) is 5. The van der Waals surface area contributed by atoms with Gasteiger partial charge in [-0.15, -0.1) is 0 Å². The number of methoxy groups -OCH3 is 1. The molecule has 0 unspecified atom stereocenters. The van der Waals surface area contributed by atoms with Crippen LogP contribution in [0.3, 0.4) is 0 Å². The maximum atomic E-state index is 12.8. The second kappa shape index (κ2) is 10.1. The highest BCUT2D eigenvalue weighted by molar-refractivity contribution is 7.89. The molecule has 7 nitrogen and oxygen atoms in total. The molecule has 0 amide bonds. The molecule has 4 aromatic rings. The van der Waals surface area contributed by atoms with Crippen molar-refractivity contribution in [1.82, 2.24) is 14.1 Å². The predicted molar refractivity (Wildman–Crippen MR) is 136 cm³/mol. The third-order valence-corrected chi connectivity index (χ3v) is 7.29. The first-order valence-electron chi connectivity index (χ1n) is 10.8. The Morgan fingerprint density at radius 2 is 1.60 bits per heavy atom. The first-order valence-corrected chi connectivity index (χ1v) is 12.3. The van der Waals surface area contributed by atoms with Crippen molar-refractivity contribution in [3.05, 3.63) is 102 Å². The SMILES string of the molecule is COc1ccc(-c2nn(-c3ccccc3)cc2/C=C/C(=O)c2ccc(S(=O)(=O)N(C)C)cc2)cc1. The van der Waals surface area contributed by atoms with Crippen LogP contribution in [0.2, 0.25) is 0 Å². The second-order valence-electron chi connectivity index (χ2n) is 7.95. The van der Waals surface area contributed by atoms with Gasteiger partial charge in [-0.3, -0.25) is 4.79 Å². The fourth-order valence-electron chi connectivity index (χ4n) is 3.46. The van der Waals surface area contributed by atoms with Gasteiger partial charge in [0.2, 0.25) is 10.0 Å². The summed E-state index contributed by atoms with van der Waals surface area (Å²) in [4.78, 5) is 13.0. The Kier molecular flexibility index (Phi) is 6.95. The van der Waals surface area contributed by atoms with E-state index in [1.54, 1.807) is 17.9 Å². The van der Waals surface area contributed by atoms with Crippen molar-refractivity contribution in [1.29, 1.82) is 0 Å². The van der Waals surface area contributed by atoms with E-state index in [1.807, 2.05) is 60.8 Å². The van der Waals surface area contributed by atoms with Gasteiger partial charge in [-0.25, -0.2) is 17.4 Å². The first-order chi connectivity index (χ1) is 16.8. The van der Waals surface area contributed by atoms with Gasteiger partial charge in [0.1, 0.15) is 5.75 Å². The van der Waals surface area contributed by atoms with Crippen molar-refractivity contribution in [2.75, 3.05) is 21.2 Å². The van der Waals surface area contributed by atoms with E-state index in [0.717, 1.165) is 26.9 Å². The van der Waals surface area contributed by atoms with Crippen molar-refractivity contribution in [2.24, 2.45) is 0 Å². The maximum Gasteiger partial charge on any atom is 0.242 e. The van der Waals surface area contributed by atoms with Crippen LogP contribution in [0.25, 0.3) is 23.0 Å². The number of carbonyl (C=O) groups excluding carboxylic acids is 1. The van der Waals surface area contributed by atoms with Crippen molar-refractivity contribution in [2.45, 2.75) is 4.90 Å². The highest BCUT2D eigenvalue weighted by atomic mass is 32.2. The Labute approximate surface area is 205 Å². The molecule has 35 heavy (non-hydrogen) atoms. The van der Waals surface area contributed by atoms with E-state index < -0.39 is 10.0 Å². The smallest absolute Gasteiger partial charge is 0.242 e. The highest BCUT2D eigenvalue weighted by Crippen LogP contribution is 2.27. The van der Waals surface area contributed by atoms with Gasteiger partial charge in [0.15, 0.2) is 5.78 Å². The van der Waals surface area contributed by atoms with Gasteiger partial charge in [-0.2, -0.15) is 5.10 Å². The van der Waals surface area contributed by atoms with Gasteiger partial charge in [0.25, 0.3) is 0 Å². The molecule has 1 heterocycles. The van der Waals surface area contributed by atoms with Crippen LogP contribution >= 0.6 is 0 Å². The number of carbonyl (C=O) groups is 1. The second-order valence-corrected chi connectivity index (χ2v) is 10.1. The van der Waals surface area contributed by atoms with E-state index in [0.29, 0.717) is 11.3 Å². The van der Waals surface area contributed by atoms with Crippen LogP contribution in [0, 0.1) is 0 Å². The molecule has 0 saturated heterocycles. The molecule has 0 fully saturated rings. The molecule has 0 N–H and O–H groups in total. The normalized spacial score (nSPS) is 11.8. The minimum Gasteiger partial charge on any atom is -0.497 e. The Morgan fingerprint density at radius 1 is 0.943 bits per heavy atom. The summed E-state index contributed by atoms with van der Waals surface area (Å²) >= 11 is 0. The minimum atomic E-state index is -3.56. The Balaban J connectivity index is 1.66. The fraction of sp³-hybridized carbons (Fsp3) is 0.111. The zero-order chi connectivity index (χ0) is 25.0. The monoisotopic (exact) mass is 487 g/mol. The lowest BCUT2D eigenvalue weighted by Crippen LogP contribution is -2.22. The molecular weight excluding hydrogens is 462 g/mol. The number of benzene rings is 3. The summed E-state index contributed by atoms with van der Waals surface area (Å²) in [7, 11) is 0.988. The van der Waals surface area contributed by atoms with Crippen LogP contribution < -0.4 is 4.74 Å².